The van der Waals surface area contributed by atoms with Gasteiger partial charge in [-0.3, -0.25) is 4.98 Å². The molecule has 0 spiro atoms. The lowest BCUT2D eigenvalue weighted by atomic mass is 10.1. The molecule has 0 amide bonds. The van der Waals surface area contributed by atoms with Crippen LogP contribution in [0.15, 0.2) is 54.7 Å². The van der Waals surface area contributed by atoms with E-state index in [1.54, 1.807) is 0 Å². The van der Waals surface area contributed by atoms with Gasteiger partial charge in [0.1, 0.15) is 0 Å². The van der Waals surface area contributed by atoms with E-state index in [0.717, 1.165) is 31.7 Å². The van der Waals surface area contributed by atoms with Crippen LogP contribution in [0.1, 0.15) is 24.2 Å². The standard InChI is InChI=1S/C18H25N3/c1-3-19-18(16-9-5-4-6-10-16)15-21(2)14-12-17-11-7-8-13-20-17/h4-11,13,18-19H,3,12,14-15H2,1-2H3. The Hall–Kier alpha value is -1.71. The third-order valence-electron chi connectivity index (χ3n) is 3.62. The van der Waals surface area contributed by atoms with Gasteiger partial charge in [0.2, 0.25) is 0 Å². The number of rotatable bonds is 8. The predicted octanol–water partition coefficient (Wildman–Crippen LogP) is 2.91. The zero-order valence-electron chi connectivity index (χ0n) is 13.0. The monoisotopic (exact) mass is 283 g/mol. The Labute approximate surface area is 128 Å². The number of aromatic nitrogens is 1. The van der Waals surface area contributed by atoms with E-state index >= 15 is 0 Å². The molecule has 1 unspecified atom stereocenters. The SMILES string of the molecule is CCNC(CN(C)CCc1ccccn1)c1ccccc1. The summed E-state index contributed by atoms with van der Waals surface area (Å²) in [6.07, 6.45) is 2.85. The molecular formula is C18H25N3. The van der Waals surface area contributed by atoms with E-state index in [0.29, 0.717) is 6.04 Å². The van der Waals surface area contributed by atoms with E-state index < -0.39 is 0 Å². The summed E-state index contributed by atoms with van der Waals surface area (Å²) in [5, 5.41) is 3.57. The van der Waals surface area contributed by atoms with Gasteiger partial charge in [0.25, 0.3) is 0 Å². The molecule has 1 heterocycles. The van der Waals surface area contributed by atoms with Crippen molar-refractivity contribution in [3.8, 4) is 0 Å². The minimum atomic E-state index is 0.380. The summed E-state index contributed by atoms with van der Waals surface area (Å²) >= 11 is 0. The molecule has 1 N–H and O–H groups in total. The fourth-order valence-electron chi connectivity index (χ4n) is 2.47. The van der Waals surface area contributed by atoms with Crippen molar-refractivity contribution in [3.63, 3.8) is 0 Å². The zero-order valence-corrected chi connectivity index (χ0v) is 13.0. The van der Waals surface area contributed by atoms with Crippen LogP contribution < -0.4 is 5.32 Å². The van der Waals surface area contributed by atoms with Crippen molar-refractivity contribution in [2.24, 2.45) is 0 Å². The molecule has 3 nitrogen and oxygen atoms in total. The Bertz CT molecular complexity index is 498. The van der Waals surface area contributed by atoms with E-state index in [9.17, 15) is 0 Å². The molecule has 2 aromatic rings. The Morgan fingerprint density at radius 3 is 2.52 bits per heavy atom. The summed E-state index contributed by atoms with van der Waals surface area (Å²) < 4.78 is 0. The maximum atomic E-state index is 4.38. The molecule has 0 aliphatic carbocycles. The van der Waals surface area contributed by atoms with Crippen LogP contribution in [0.25, 0.3) is 0 Å². The third kappa shape index (κ3) is 5.29. The molecule has 0 saturated carbocycles. The summed E-state index contributed by atoms with van der Waals surface area (Å²) in [5.41, 5.74) is 2.51. The van der Waals surface area contributed by atoms with Crippen molar-refractivity contribution in [3.05, 3.63) is 66.0 Å². The first-order chi connectivity index (χ1) is 10.3. The number of pyridine rings is 1. The summed E-state index contributed by atoms with van der Waals surface area (Å²) in [6.45, 7) is 5.16. The van der Waals surface area contributed by atoms with E-state index in [4.69, 9.17) is 0 Å². The van der Waals surface area contributed by atoms with E-state index in [2.05, 4.69) is 65.6 Å². The van der Waals surface area contributed by atoms with E-state index in [1.165, 1.54) is 5.56 Å². The molecule has 1 atom stereocenters. The van der Waals surface area contributed by atoms with Crippen LogP contribution in [0.4, 0.5) is 0 Å². The lowest BCUT2D eigenvalue weighted by Crippen LogP contribution is -2.34. The lowest BCUT2D eigenvalue weighted by molar-refractivity contribution is 0.294. The molecule has 2 rings (SSSR count). The van der Waals surface area contributed by atoms with Gasteiger partial charge in [-0.1, -0.05) is 43.3 Å². The number of nitrogens with zero attached hydrogens (tertiary/aromatic N) is 2. The first kappa shape index (κ1) is 15.7. The zero-order chi connectivity index (χ0) is 14.9. The van der Waals surface area contributed by atoms with E-state index in [1.807, 2.05) is 18.3 Å². The van der Waals surface area contributed by atoms with Crippen molar-refractivity contribution in [2.45, 2.75) is 19.4 Å². The highest BCUT2D eigenvalue weighted by Gasteiger charge is 2.12. The molecule has 0 radical (unpaired) electrons. The first-order valence-corrected chi connectivity index (χ1v) is 7.66. The van der Waals surface area contributed by atoms with Gasteiger partial charge < -0.3 is 10.2 Å². The summed E-state index contributed by atoms with van der Waals surface area (Å²) in [6, 6.07) is 17.1. The Morgan fingerprint density at radius 1 is 1.10 bits per heavy atom. The van der Waals surface area contributed by atoms with Gasteiger partial charge in [-0.25, -0.2) is 0 Å². The fourth-order valence-corrected chi connectivity index (χ4v) is 2.47. The van der Waals surface area contributed by atoms with Crippen LogP contribution in [-0.2, 0) is 6.42 Å². The number of hydrogen-bond donors (Lipinski definition) is 1. The number of hydrogen-bond acceptors (Lipinski definition) is 3. The predicted molar refractivity (Wildman–Crippen MR) is 88.3 cm³/mol. The van der Waals surface area contributed by atoms with Crippen molar-refractivity contribution in [1.82, 2.24) is 15.2 Å². The van der Waals surface area contributed by atoms with Crippen LogP contribution in [0.5, 0.6) is 0 Å². The molecule has 1 aromatic carbocycles. The Balaban J connectivity index is 1.88. The fraction of sp³-hybridized carbons (Fsp3) is 0.389. The first-order valence-electron chi connectivity index (χ1n) is 7.66. The Morgan fingerprint density at radius 2 is 1.86 bits per heavy atom. The second kappa shape index (κ2) is 8.55. The average molecular weight is 283 g/mol. The maximum Gasteiger partial charge on any atom is 0.0449 e. The lowest BCUT2D eigenvalue weighted by Gasteiger charge is -2.25. The minimum absolute atomic E-state index is 0.380. The topological polar surface area (TPSA) is 28.2 Å². The van der Waals surface area contributed by atoms with Gasteiger partial charge in [0.15, 0.2) is 0 Å². The van der Waals surface area contributed by atoms with Crippen LogP contribution in [0.3, 0.4) is 0 Å². The molecule has 1 aromatic heterocycles. The molecule has 112 valence electrons. The number of nitrogens with one attached hydrogen (secondary N) is 1. The number of likely N-dealkylation sites (N-methyl/N-ethyl adjacent to an activating group) is 2. The minimum Gasteiger partial charge on any atom is -0.309 e. The van der Waals surface area contributed by atoms with Gasteiger partial charge in [-0.2, -0.15) is 0 Å². The highest BCUT2D eigenvalue weighted by Crippen LogP contribution is 2.13. The summed E-state index contributed by atoms with van der Waals surface area (Å²) in [4.78, 5) is 6.75. The molecular weight excluding hydrogens is 258 g/mol. The highest BCUT2D eigenvalue weighted by atomic mass is 15.1. The molecule has 3 heteroatoms. The second-order valence-corrected chi connectivity index (χ2v) is 5.35. The Kier molecular flexibility index (Phi) is 6.38. The third-order valence-corrected chi connectivity index (χ3v) is 3.62. The molecule has 21 heavy (non-hydrogen) atoms. The van der Waals surface area contributed by atoms with Crippen molar-refractivity contribution < 1.29 is 0 Å². The van der Waals surface area contributed by atoms with Gasteiger partial charge in [-0.05, 0) is 31.3 Å². The van der Waals surface area contributed by atoms with Crippen molar-refractivity contribution >= 4 is 0 Å². The summed E-state index contributed by atoms with van der Waals surface area (Å²) in [7, 11) is 2.18. The largest absolute Gasteiger partial charge is 0.309 e. The average Bonchev–Trinajstić information content (AvgIpc) is 2.54. The molecule has 0 fully saturated rings. The molecule has 0 bridgehead atoms. The molecule has 0 aliphatic rings. The van der Waals surface area contributed by atoms with Crippen molar-refractivity contribution in [1.29, 1.82) is 0 Å². The highest BCUT2D eigenvalue weighted by molar-refractivity contribution is 5.19. The van der Waals surface area contributed by atoms with E-state index in [-0.39, 0.29) is 0 Å². The van der Waals surface area contributed by atoms with Crippen LogP contribution in [0.2, 0.25) is 0 Å². The smallest absolute Gasteiger partial charge is 0.0449 e. The van der Waals surface area contributed by atoms with Crippen LogP contribution >= 0.6 is 0 Å². The second-order valence-electron chi connectivity index (χ2n) is 5.35. The summed E-state index contributed by atoms with van der Waals surface area (Å²) in [5.74, 6) is 0. The van der Waals surface area contributed by atoms with Gasteiger partial charge in [0.05, 0.1) is 0 Å². The molecule has 0 aliphatic heterocycles. The van der Waals surface area contributed by atoms with Gasteiger partial charge in [0, 0.05) is 37.4 Å². The number of benzene rings is 1. The normalized spacial score (nSPS) is 12.5. The van der Waals surface area contributed by atoms with Gasteiger partial charge >= 0.3 is 0 Å². The van der Waals surface area contributed by atoms with Crippen LogP contribution in [-0.4, -0.2) is 36.6 Å². The van der Waals surface area contributed by atoms with Gasteiger partial charge in [-0.15, -0.1) is 0 Å². The molecule has 0 saturated heterocycles. The quantitative estimate of drug-likeness (QED) is 0.807. The van der Waals surface area contributed by atoms with Crippen LogP contribution in [0, 0.1) is 0 Å². The van der Waals surface area contributed by atoms with Crippen molar-refractivity contribution in [2.75, 3.05) is 26.7 Å². The maximum absolute atomic E-state index is 4.38.